The molecular formula is C16H22N2. The van der Waals surface area contributed by atoms with Gasteiger partial charge in [0.1, 0.15) is 0 Å². The minimum Gasteiger partial charge on any atom is -0.357 e. The van der Waals surface area contributed by atoms with E-state index in [4.69, 9.17) is 0 Å². The molecule has 1 atom stereocenters. The zero-order valence-electron chi connectivity index (χ0n) is 11.4. The molecule has 0 bridgehead atoms. The predicted molar refractivity (Wildman–Crippen MR) is 76.9 cm³/mol. The Morgan fingerprint density at radius 1 is 1.28 bits per heavy atom. The van der Waals surface area contributed by atoms with E-state index in [0.717, 1.165) is 6.42 Å². The maximum Gasteiger partial charge on any atom is 0.0498 e. The molecule has 0 aliphatic carbocycles. The van der Waals surface area contributed by atoms with Gasteiger partial charge in [-0.15, -0.1) is 0 Å². The highest BCUT2D eigenvalue weighted by Gasteiger charge is 2.24. The van der Waals surface area contributed by atoms with Gasteiger partial charge >= 0.3 is 0 Å². The fourth-order valence-electron chi connectivity index (χ4n) is 3.33. The first-order valence-electron chi connectivity index (χ1n) is 7.11. The van der Waals surface area contributed by atoms with Crippen LogP contribution in [0.2, 0.25) is 0 Å². The Hall–Kier alpha value is -1.28. The number of hydrogen-bond acceptors (Lipinski definition) is 1. The topological polar surface area (TPSA) is 19.0 Å². The average molecular weight is 242 g/mol. The summed E-state index contributed by atoms with van der Waals surface area (Å²) in [5, 5.41) is 1.41. The van der Waals surface area contributed by atoms with E-state index in [9.17, 15) is 0 Å². The van der Waals surface area contributed by atoms with E-state index < -0.39 is 0 Å². The summed E-state index contributed by atoms with van der Waals surface area (Å²) in [7, 11) is 2.26. The van der Waals surface area contributed by atoms with Crippen LogP contribution < -0.4 is 0 Å². The Bertz CT molecular complexity index is 541. The number of nitrogens with zero attached hydrogens (tertiary/aromatic N) is 1. The first-order valence-corrected chi connectivity index (χ1v) is 7.11. The average Bonchev–Trinajstić information content (AvgIpc) is 2.77. The molecule has 1 aromatic heterocycles. The van der Waals surface area contributed by atoms with Crippen molar-refractivity contribution in [2.75, 3.05) is 13.6 Å². The molecule has 1 aromatic carbocycles. The highest BCUT2D eigenvalue weighted by molar-refractivity contribution is 5.84. The molecule has 18 heavy (non-hydrogen) atoms. The van der Waals surface area contributed by atoms with E-state index in [2.05, 4.69) is 48.1 Å². The molecule has 1 unspecified atom stereocenters. The minimum atomic E-state index is 0.584. The Morgan fingerprint density at radius 3 is 2.89 bits per heavy atom. The molecule has 1 aliphatic rings. The van der Waals surface area contributed by atoms with Crippen LogP contribution in [0.5, 0.6) is 0 Å². The van der Waals surface area contributed by atoms with Gasteiger partial charge in [-0.1, -0.05) is 31.5 Å². The smallest absolute Gasteiger partial charge is 0.0498 e. The van der Waals surface area contributed by atoms with Crippen molar-refractivity contribution in [1.82, 2.24) is 9.88 Å². The van der Waals surface area contributed by atoms with Crippen LogP contribution in [0.3, 0.4) is 0 Å². The maximum absolute atomic E-state index is 3.67. The normalized spacial score (nSPS) is 21.6. The molecule has 3 rings (SSSR count). The molecule has 0 spiro atoms. The lowest BCUT2D eigenvalue weighted by atomic mass is 9.96. The third-order valence-corrected chi connectivity index (χ3v) is 4.30. The van der Waals surface area contributed by atoms with Crippen LogP contribution in [0, 0.1) is 0 Å². The Labute approximate surface area is 109 Å². The van der Waals surface area contributed by atoms with E-state index in [1.54, 1.807) is 0 Å². The van der Waals surface area contributed by atoms with E-state index in [0.29, 0.717) is 6.04 Å². The molecule has 2 aromatic rings. The number of aromatic nitrogens is 1. The lowest BCUT2D eigenvalue weighted by Gasteiger charge is -2.32. The number of piperidine rings is 1. The number of hydrogen-bond donors (Lipinski definition) is 1. The van der Waals surface area contributed by atoms with Crippen LogP contribution in [0.4, 0.5) is 0 Å². The highest BCUT2D eigenvalue weighted by Crippen LogP contribution is 2.34. The van der Waals surface area contributed by atoms with Crippen LogP contribution in [0.25, 0.3) is 10.9 Å². The number of benzene rings is 1. The molecule has 2 heterocycles. The summed E-state index contributed by atoms with van der Waals surface area (Å²) >= 11 is 0. The summed E-state index contributed by atoms with van der Waals surface area (Å²) in [4.78, 5) is 6.18. The summed E-state index contributed by atoms with van der Waals surface area (Å²) in [5.74, 6) is 0. The molecule has 1 saturated heterocycles. The van der Waals surface area contributed by atoms with Gasteiger partial charge < -0.3 is 4.98 Å². The lowest BCUT2D eigenvalue weighted by molar-refractivity contribution is 0.183. The fraction of sp³-hybridized carbons (Fsp3) is 0.500. The summed E-state index contributed by atoms with van der Waals surface area (Å²) in [6.45, 7) is 3.49. The third-order valence-electron chi connectivity index (χ3n) is 4.30. The summed E-state index contributed by atoms with van der Waals surface area (Å²) < 4.78 is 0. The lowest BCUT2D eigenvalue weighted by Crippen LogP contribution is -2.30. The van der Waals surface area contributed by atoms with Gasteiger partial charge in [0.15, 0.2) is 0 Å². The van der Waals surface area contributed by atoms with E-state index in [1.807, 2.05) is 0 Å². The van der Waals surface area contributed by atoms with Crippen molar-refractivity contribution in [3.8, 4) is 0 Å². The van der Waals surface area contributed by atoms with Crippen LogP contribution in [0.15, 0.2) is 24.3 Å². The first kappa shape index (κ1) is 11.8. The van der Waals surface area contributed by atoms with E-state index in [-0.39, 0.29) is 0 Å². The zero-order valence-corrected chi connectivity index (χ0v) is 11.4. The van der Waals surface area contributed by atoms with Crippen molar-refractivity contribution in [2.24, 2.45) is 0 Å². The van der Waals surface area contributed by atoms with Gasteiger partial charge in [-0.05, 0) is 44.5 Å². The van der Waals surface area contributed by atoms with Crippen LogP contribution in [-0.4, -0.2) is 23.5 Å². The van der Waals surface area contributed by atoms with Crippen molar-refractivity contribution in [3.05, 3.63) is 35.5 Å². The first-order chi connectivity index (χ1) is 8.81. The Kier molecular flexibility index (Phi) is 3.13. The van der Waals surface area contributed by atoms with Crippen molar-refractivity contribution in [2.45, 2.75) is 38.6 Å². The fourth-order valence-corrected chi connectivity index (χ4v) is 3.33. The number of aryl methyl sites for hydroxylation is 1. The summed E-state index contributed by atoms with van der Waals surface area (Å²) in [5.41, 5.74) is 4.27. The van der Waals surface area contributed by atoms with Gasteiger partial charge in [0, 0.05) is 22.6 Å². The number of nitrogens with one attached hydrogen (secondary N) is 1. The Morgan fingerprint density at radius 2 is 2.11 bits per heavy atom. The molecule has 1 N–H and O–H groups in total. The molecule has 2 heteroatoms. The number of H-pyrrole nitrogens is 1. The highest BCUT2D eigenvalue weighted by atomic mass is 15.1. The quantitative estimate of drug-likeness (QED) is 0.846. The SMILES string of the molecule is CCc1c(C2CCCCN2C)[nH]c2ccccc12. The number of rotatable bonds is 2. The number of aromatic amines is 1. The monoisotopic (exact) mass is 242 g/mol. The zero-order chi connectivity index (χ0) is 12.5. The molecule has 0 radical (unpaired) electrons. The largest absolute Gasteiger partial charge is 0.357 e. The van der Waals surface area contributed by atoms with Crippen LogP contribution in [-0.2, 0) is 6.42 Å². The second kappa shape index (κ2) is 4.77. The molecule has 96 valence electrons. The van der Waals surface area contributed by atoms with Crippen LogP contribution in [0.1, 0.15) is 43.5 Å². The standard InChI is InChI=1S/C16H22N2/c1-3-12-13-8-4-5-9-14(13)17-16(12)15-10-6-7-11-18(15)2/h4-5,8-9,15,17H,3,6-7,10-11H2,1-2H3. The number of fused-ring (bicyclic) bond motifs is 1. The molecular weight excluding hydrogens is 220 g/mol. The van der Waals surface area contributed by atoms with Crippen molar-refractivity contribution in [3.63, 3.8) is 0 Å². The Balaban J connectivity index is 2.10. The number of para-hydroxylation sites is 1. The predicted octanol–water partition coefficient (Wildman–Crippen LogP) is 3.89. The van der Waals surface area contributed by atoms with Crippen LogP contribution >= 0.6 is 0 Å². The van der Waals surface area contributed by atoms with Gasteiger partial charge in [-0.3, -0.25) is 4.90 Å². The van der Waals surface area contributed by atoms with E-state index in [1.165, 1.54) is 48.0 Å². The second-order valence-corrected chi connectivity index (χ2v) is 5.41. The molecule has 1 aliphatic heterocycles. The van der Waals surface area contributed by atoms with Gasteiger partial charge in [0.25, 0.3) is 0 Å². The molecule has 2 nitrogen and oxygen atoms in total. The van der Waals surface area contributed by atoms with Crippen molar-refractivity contribution >= 4 is 10.9 Å². The van der Waals surface area contributed by atoms with Gasteiger partial charge in [0.05, 0.1) is 0 Å². The molecule has 0 saturated carbocycles. The molecule has 1 fully saturated rings. The maximum atomic E-state index is 3.67. The second-order valence-electron chi connectivity index (χ2n) is 5.41. The summed E-state index contributed by atoms with van der Waals surface area (Å²) in [6.07, 6.45) is 5.10. The third kappa shape index (κ3) is 1.85. The summed E-state index contributed by atoms with van der Waals surface area (Å²) in [6, 6.07) is 9.29. The molecule has 0 amide bonds. The van der Waals surface area contributed by atoms with Gasteiger partial charge in [-0.25, -0.2) is 0 Å². The van der Waals surface area contributed by atoms with Crippen molar-refractivity contribution in [1.29, 1.82) is 0 Å². The van der Waals surface area contributed by atoms with Gasteiger partial charge in [0.2, 0.25) is 0 Å². The number of likely N-dealkylation sites (tertiary alicyclic amines) is 1. The van der Waals surface area contributed by atoms with Crippen molar-refractivity contribution < 1.29 is 0 Å². The minimum absolute atomic E-state index is 0.584. The van der Waals surface area contributed by atoms with E-state index >= 15 is 0 Å². The van der Waals surface area contributed by atoms with Gasteiger partial charge in [-0.2, -0.15) is 0 Å².